The highest BCUT2D eigenvalue weighted by atomic mass is 35.5. The number of nitrogens with one attached hydrogen (secondary N) is 1. The van der Waals surface area contributed by atoms with E-state index in [1.165, 1.54) is 7.11 Å². The van der Waals surface area contributed by atoms with Gasteiger partial charge in [-0.15, -0.1) is 0 Å². The van der Waals surface area contributed by atoms with Crippen molar-refractivity contribution >= 4 is 23.4 Å². The van der Waals surface area contributed by atoms with Crippen LogP contribution in [0.25, 0.3) is 0 Å². The van der Waals surface area contributed by atoms with Crippen molar-refractivity contribution < 1.29 is 9.53 Å². The van der Waals surface area contributed by atoms with Crippen LogP contribution in [-0.2, 0) is 4.74 Å². The molecule has 1 aromatic carbocycles. The molecule has 0 aliphatic heterocycles. The summed E-state index contributed by atoms with van der Waals surface area (Å²) in [4.78, 5) is 10.9. The zero-order valence-electron chi connectivity index (χ0n) is 9.87. The van der Waals surface area contributed by atoms with E-state index in [2.05, 4.69) is 15.3 Å². The summed E-state index contributed by atoms with van der Waals surface area (Å²) in [6.45, 7) is 2.05. The summed E-state index contributed by atoms with van der Waals surface area (Å²) in [6, 6.07) is 7.33. The molecule has 1 amide bonds. The molecule has 0 aliphatic rings. The Hall–Kier alpha value is -1.55. The predicted molar refractivity (Wildman–Crippen MR) is 68.4 cm³/mol. The minimum absolute atomic E-state index is 0.576. The summed E-state index contributed by atoms with van der Waals surface area (Å²) < 4.78 is 4.46. The molecule has 1 N–H and O–H groups in total. The molecule has 1 aromatic rings. The third-order valence-corrected chi connectivity index (χ3v) is 2.38. The molecule has 0 radical (unpaired) electrons. The number of hydrazone groups is 1. The number of ether oxygens (including phenoxy) is 1. The van der Waals surface area contributed by atoms with Gasteiger partial charge < -0.3 is 4.74 Å². The first kappa shape index (κ1) is 13.5. The lowest BCUT2D eigenvalue weighted by Crippen LogP contribution is -2.19. The Kier molecular flexibility index (Phi) is 5.49. The van der Waals surface area contributed by atoms with Gasteiger partial charge in [0.15, 0.2) is 0 Å². The molecule has 0 saturated carbocycles. The van der Waals surface area contributed by atoms with Crippen molar-refractivity contribution in [2.24, 2.45) is 5.10 Å². The molecule has 0 heterocycles. The molecule has 1 rings (SSSR count). The van der Waals surface area contributed by atoms with E-state index in [0.717, 1.165) is 24.1 Å². The van der Waals surface area contributed by atoms with Crippen molar-refractivity contribution in [3.05, 3.63) is 34.9 Å². The largest absolute Gasteiger partial charge is 0.452 e. The number of amides is 1. The molecule has 17 heavy (non-hydrogen) atoms. The maximum atomic E-state index is 10.9. The highest BCUT2D eigenvalue weighted by molar-refractivity contribution is 6.30. The molecule has 4 nitrogen and oxygen atoms in total. The first-order valence-electron chi connectivity index (χ1n) is 5.33. The number of hydrogen-bond acceptors (Lipinski definition) is 3. The van der Waals surface area contributed by atoms with Gasteiger partial charge in [-0.25, -0.2) is 10.2 Å². The lowest BCUT2D eigenvalue weighted by Gasteiger charge is -2.06. The number of carbonyl (C=O) groups excluding carboxylic acids is 1. The summed E-state index contributed by atoms with van der Waals surface area (Å²) in [5.41, 5.74) is 4.06. The number of nitrogens with zero attached hydrogens (tertiary/aromatic N) is 1. The summed E-state index contributed by atoms with van der Waals surface area (Å²) >= 11 is 5.81. The van der Waals surface area contributed by atoms with E-state index in [1.807, 2.05) is 19.1 Å². The fourth-order valence-corrected chi connectivity index (χ4v) is 1.43. The van der Waals surface area contributed by atoms with Crippen molar-refractivity contribution in [2.75, 3.05) is 7.11 Å². The summed E-state index contributed by atoms with van der Waals surface area (Å²) in [5, 5.41) is 4.70. The normalized spacial score (nSPS) is 11.1. The van der Waals surface area contributed by atoms with Crippen molar-refractivity contribution in [3.8, 4) is 0 Å². The Morgan fingerprint density at radius 1 is 1.41 bits per heavy atom. The van der Waals surface area contributed by atoms with Gasteiger partial charge in [-0.1, -0.05) is 37.1 Å². The van der Waals surface area contributed by atoms with E-state index in [0.29, 0.717) is 5.02 Å². The molecule has 0 spiro atoms. The smallest absolute Gasteiger partial charge is 0.427 e. The zero-order valence-corrected chi connectivity index (χ0v) is 10.6. The van der Waals surface area contributed by atoms with Crippen LogP contribution in [0.15, 0.2) is 29.4 Å². The van der Waals surface area contributed by atoms with Crippen LogP contribution in [0.3, 0.4) is 0 Å². The van der Waals surface area contributed by atoms with Crippen LogP contribution in [-0.4, -0.2) is 18.9 Å². The Morgan fingerprint density at radius 3 is 2.59 bits per heavy atom. The van der Waals surface area contributed by atoms with Gasteiger partial charge in [-0.3, -0.25) is 0 Å². The molecule has 0 aromatic heterocycles. The van der Waals surface area contributed by atoms with E-state index >= 15 is 0 Å². The maximum Gasteiger partial charge on any atom is 0.427 e. The van der Waals surface area contributed by atoms with Crippen LogP contribution in [0, 0.1) is 0 Å². The van der Waals surface area contributed by atoms with Gasteiger partial charge in [0.05, 0.1) is 12.8 Å². The second-order valence-electron chi connectivity index (χ2n) is 3.42. The van der Waals surface area contributed by atoms with Gasteiger partial charge in [0.25, 0.3) is 0 Å². The average molecular weight is 255 g/mol. The molecule has 0 unspecified atom stereocenters. The maximum absolute atomic E-state index is 10.9. The second-order valence-corrected chi connectivity index (χ2v) is 3.86. The molecular weight excluding hydrogens is 240 g/mol. The molecule has 0 bridgehead atoms. The third-order valence-electron chi connectivity index (χ3n) is 2.13. The molecule has 5 heteroatoms. The lowest BCUT2D eigenvalue weighted by molar-refractivity contribution is 0.171. The molecule has 0 aliphatic carbocycles. The van der Waals surface area contributed by atoms with Gasteiger partial charge in [0.1, 0.15) is 0 Å². The molecule has 0 saturated heterocycles. The molecule has 0 atom stereocenters. The third kappa shape index (κ3) is 4.44. The topological polar surface area (TPSA) is 50.7 Å². The van der Waals surface area contributed by atoms with Crippen LogP contribution in [0.5, 0.6) is 0 Å². The van der Waals surface area contributed by atoms with E-state index in [9.17, 15) is 4.79 Å². The highest BCUT2D eigenvalue weighted by Gasteiger charge is 2.04. The number of methoxy groups -OCH3 is 1. The molecule has 0 fully saturated rings. The summed E-state index contributed by atoms with van der Waals surface area (Å²) in [6.07, 6.45) is 1.13. The van der Waals surface area contributed by atoms with Crippen molar-refractivity contribution in [1.29, 1.82) is 0 Å². The number of halogens is 1. The number of rotatable bonds is 4. The van der Waals surface area contributed by atoms with Crippen molar-refractivity contribution in [3.63, 3.8) is 0 Å². The Morgan fingerprint density at radius 2 is 2.06 bits per heavy atom. The quantitative estimate of drug-likeness (QED) is 0.663. The van der Waals surface area contributed by atoms with Crippen LogP contribution < -0.4 is 5.43 Å². The fourth-order valence-electron chi connectivity index (χ4n) is 1.30. The van der Waals surface area contributed by atoms with Crippen LogP contribution in [0.4, 0.5) is 4.79 Å². The predicted octanol–water partition coefficient (Wildman–Crippen LogP) is 3.20. The van der Waals surface area contributed by atoms with E-state index < -0.39 is 6.09 Å². The zero-order chi connectivity index (χ0) is 12.7. The highest BCUT2D eigenvalue weighted by Crippen LogP contribution is 2.12. The van der Waals surface area contributed by atoms with E-state index in [1.54, 1.807) is 12.1 Å². The van der Waals surface area contributed by atoms with Crippen LogP contribution in [0.2, 0.25) is 5.02 Å². The average Bonchev–Trinajstić information content (AvgIpc) is 2.35. The van der Waals surface area contributed by atoms with E-state index in [4.69, 9.17) is 11.6 Å². The van der Waals surface area contributed by atoms with Crippen LogP contribution >= 0.6 is 11.6 Å². The van der Waals surface area contributed by atoms with Gasteiger partial charge >= 0.3 is 6.09 Å². The first-order chi connectivity index (χ1) is 8.17. The van der Waals surface area contributed by atoms with Gasteiger partial charge in [-0.2, -0.15) is 5.10 Å². The number of carbonyl (C=O) groups is 1. The van der Waals surface area contributed by atoms with E-state index in [-0.39, 0.29) is 0 Å². The molecular formula is C12H15ClN2O2. The number of benzene rings is 1. The SMILES string of the molecule is CCC/C(=N/NC(=O)OC)c1ccc(Cl)cc1. The van der Waals surface area contributed by atoms with Crippen molar-refractivity contribution in [2.45, 2.75) is 19.8 Å². The summed E-state index contributed by atoms with van der Waals surface area (Å²) in [7, 11) is 1.30. The Bertz CT molecular complexity index is 401. The lowest BCUT2D eigenvalue weighted by atomic mass is 10.1. The van der Waals surface area contributed by atoms with Gasteiger partial charge in [0, 0.05) is 5.02 Å². The standard InChI is InChI=1S/C12H15ClN2O2/c1-3-4-11(14-15-12(16)17-2)9-5-7-10(13)8-6-9/h5-8H,3-4H2,1-2H3,(H,15,16)/b14-11-. The van der Waals surface area contributed by atoms with Crippen molar-refractivity contribution in [1.82, 2.24) is 5.43 Å². The van der Waals surface area contributed by atoms with Gasteiger partial charge in [-0.05, 0) is 24.1 Å². The Balaban J connectivity index is 2.84. The van der Waals surface area contributed by atoms with Gasteiger partial charge in [0.2, 0.25) is 0 Å². The van der Waals surface area contributed by atoms with Crippen LogP contribution in [0.1, 0.15) is 25.3 Å². The second kappa shape index (κ2) is 6.91. The fraction of sp³-hybridized carbons (Fsp3) is 0.333. The molecule has 92 valence electrons. The summed E-state index contributed by atoms with van der Waals surface area (Å²) in [5.74, 6) is 0. The first-order valence-corrected chi connectivity index (χ1v) is 5.71. The minimum Gasteiger partial charge on any atom is -0.452 e. The number of hydrogen-bond donors (Lipinski definition) is 1. The monoisotopic (exact) mass is 254 g/mol. The Labute approximate surface area is 106 Å². The minimum atomic E-state index is -0.576.